The number of benzene rings is 3. The van der Waals surface area contributed by atoms with Gasteiger partial charge in [-0.15, -0.1) is 0 Å². The highest BCUT2D eigenvalue weighted by atomic mass is 32.3. The number of alkyl carbamates (subject to hydrolysis) is 1. The van der Waals surface area contributed by atoms with Crippen molar-refractivity contribution < 1.29 is 27.3 Å². The number of amides is 2. The Labute approximate surface area is 258 Å². The zero-order valence-corrected chi connectivity index (χ0v) is 25.8. The third-order valence-corrected chi connectivity index (χ3v) is 8.42. The number of aromatic nitrogens is 1. The van der Waals surface area contributed by atoms with Gasteiger partial charge in [0, 0.05) is 49.9 Å². The van der Waals surface area contributed by atoms with E-state index >= 15 is 0 Å². The summed E-state index contributed by atoms with van der Waals surface area (Å²) in [6, 6.07) is 23.9. The lowest BCUT2D eigenvalue weighted by Crippen LogP contribution is -2.56. The molecule has 0 aliphatic carbocycles. The van der Waals surface area contributed by atoms with Gasteiger partial charge in [-0.2, -0.15) is 0 Å². The minimum atomic E-state index is -4.16. The van der Waals surface area contributed by atoms with Crippen LogP contribution in [0.25, 0.3) is 10.9 Å². The molecule has 1 fully saturated rings. The number of anilines is 1. The fourth-order valence-corrected chi connectivity index (χ4v) is 6.17. The van der Waals surface area contributed by atoms with Gasteiger partial charge in [0.2, 0.25) is 10.8 Å². The molecule has 0 radical (unpaired) electrons. The molecule has 0 spiro atoms. The molecule has 0 saturated carbocycles. The molecule has 1 N–H and O–H groups in total. The molecule has 2 amide bonds. The van der Waals surface area contributed by atoms with Crippen molar-refractivity contribution in [2.75, 3.05) is 31.1 Å². The molecule has 4 aromatic rings. The molecule has 3 aromatic carbocycles. The van der Waals surface area contributed by atoms with Gasteiger partial charge in [0.15, 0.2) is 5.75 Å². The summed E-state index contributed by atoms with van der Waals surface area (Å²) in [7, 11) is -4.16. The topological polar surface area (TPSA) is 124 Å². The van der Waals surface area contributed by atoms with Crippen molar-refractivity contribution in [2.45, 2.75) is 43.7 Å². The van der Waals surface area contributed by atoms with Crippen molar-refractivity contribution >= 4 is 39.1 Å². The van der Waals surface area contributed by atoms with Crippen LogP contribution in [-0.4, -0.2) is 64.3 Å². The highest BCUT2D eigenvalue weighted by molar-refractivity contribution is 7.93. The molecule has 44 heavy (non-hydrogen) atoms. The molecule has 11 heteroatoms. The van der Waals surface area contributed by atoms with Crippen molar-refractivity contribution in [2.24, 2.45) is 0 Å². The van der Waals surface area contributed by atoms with Gasteiger partial charge in [-0.1, -0.05) is 52.7 Å². The third-order valence-electron chi connectivity index (χ3n) is 7.14. The van der Waals surface area contributed by atoms with Crippen LogP contribution in [0.5, 0.6) is 5.75 Å². The number of hydrogen-bond donors (Lipinski definition) is 1. The second-order valence-corrected chi connectivity index (χ2v) is 13.1. The largest absolute Gasteiger partial charge is 0.573 e. The fraction of sp³-hybridized carbons (Fsp3) is 0.303. The molecular formula is C33H36N4O6S. The second-order valence-electron chi connectivity index (χ2n) is 11.6. The zero-order valence-electron chi connectivity index (χ0n) is 25.0. The lowest BCUT2D eigenvalue weighted by Gasteiger charge is -2.37. The van der Waals surface area contributed by atoms with Crippen molar-refractivity contribution in [3.05, 3.63) is 96.7 Å². The van der Waals surface area contributed by atoms with Gasteiger partial charge in [0.05, 0.1) is 0 Å². The number of ether oxygens (including phenoxy) is 1. The van der Waals surface area contributed by atoms with Gasteiger partial charge in [-0.3, -0.25) is 14.0 Å². The van der Waals surface area contributed by atoms with Crippen molar-refractivity contribution in [3.8, 4) is 5.75 Å². The quantitative estimate of drug-likeness (QED) is 0.274. The fourth-order valence-electron chi connectivity index (χ4n) is 5.06. The van der Waals surface area contributed by atoms with E-state index in [1.165, 1.54) is 24.4 Å². The van der Waals surface area contributed by atoms with Crippen LogP contribution in [0.4, 0.5) is 10.5 Å². The number of nitrogens with one attached hydrogen (secondary N) is 1. The lowest BCUT2D eigenvalue weighted by atomic mass is 10.0. The Balaban J connectivity index is 1.28. The molecule has 10 nitrogen and oxygen atoms in total. The molecule has 1 aliphatic heterocycles. The second kappa shape index (κ2) is 13.0. The number of carbonyl (C=O) groups is 2. The molecular weight excluding hydrogens is 580 g/mol. The van der Waals surface area contributed by atoms with Crippen LogP contribution in [0, 0.1) is 0 Å². The summed E-state index contributed by atoms with van der Waals surface area (Å²) in [5.74, 6) is -0.100. The number of para-hydroxylation sites is 2. The summed E-state index contributed by atoms with van der Waals surface area (Å²) in [5, 5.41) is 3.44. The Morgan fingerprint density at radius 3 is 2.30 bits per heavy atom. The first kappa shape index (κ1) is 31.0. The van der Waals surface area contributed by atoms with Crippen molar-refractivity contribution in [3.63, 3.8) is 0 Å². The zero-order chi connectivity index (χ0) is 31.3. The third kappa shape index (κ3) is 7.72. The molecule has 1 aliphatic rings. The van der Waals surface area contributed by atoms with Crippen LogP contribution in [0.2, 0.25) is 0 Å². The van der Waals surface area contributed by atoms with E-state index in [9.17, 15) is 18.4 Å². The van der Waals surface area contributed by atoms with Crippen LogP contribution in [0.15, 0.2) is 96.0 Å². The van der Waals surface area contributed by atoms with E-state index in [2.05, 4.69) is 15.2 Å². The predicted molar refractivity (Wildman–Crippen MR) is 168 cm³/mol. The lowest BCUT2D eigenvalue weighted by molar-refractivity contribution is -0.133. The Hall–Kier alpha value is -4.48. The van der Waals surface area contributed by atoms with Crippen molar-refractivity contribution in [1.29, 1.82) is 0 Å². The van der Waals surface area contributed by atoms with Gasteiger partial charge in [0.25, 0.3) is 10.5 Å². The maximum absolute atomic E-state index is 13.7. The smallest absolute Gasteiger partial charge is 0.408 e. The van der Waals surface area contributed by atoms with Gasteiger partial charge < -0.3 is 24.4 Å². The number of piperazine rings is 1. The van der Waals surface area contributed by atoms with E-state index in [4.69, 9.17) is 8.92 Å². The van der Waals surface area contributed by atoms with E-state index in [0.717, 1.165) is 5.69 Å². The predicted octanol–water partition coefficient (Wildman–Crippen LogP) is 5.00. The van der Waals surface area contributed by atoms with E-state index in [1.807, 2.05) is 30.3 Å². The molecule has 2 atom stereocenters. The minimum absolute atomic E-state index is 0.0285. The van der Waals surface area contributed by atoms with Gasteiger partial charge in [0.1, 0.15) is 17.2 Å². The first-order chi connectivity index (χ1) is 21.0. The monoisotopic (exact) mass is 616 g/mol. The molecule has 230 valence electrons. The average molecular weight is 617 g/mol. The molecule has 1 saturated heterocycles. The minimum Gasteiger partial charge on any atom is -0.573 e. The Kier molecular flexibility index (Phi) is 9.17. The Morgan fingerprint density at radius 1 is 0.932 bits per heavy atom. The van der Waals surface area contributed by atoms with Crippen LogP contribution in [0.3, 0.4) is 0 Å². The maximum Gasteiger partial charge on any atom is 0.408 e. The van der Waals surface area contributed by atoms with E-state index < -0.39 is 28.2 Å². The molecule has 5 rings (SSSR count). The highest BCUT2D eigenvalue weighted by Crippen LogP contribution is 2.28. The number of fused-ring (bicyclic) bond motifs is 1. The van der Waals surface area contributed by atoms with Crippen LogP contribution < -0.4 is 14.4 Å². The number of hydrogen-bond acceptors (Lipinski definition) is 8. The highest BCUT2D eigenvalue weighted by Gasteiger charge is 2.31. The molecule has 1 aromatic heterocycles. The van der Waals surface area contributed by atoms with Gasteiger partial charge >= 0.3 is 6.09 Å². The van der Waals surface area contributed by atoms with E-state index in [1.54, 1.807) is 62.1 Å². The molecule has 1 unspecified atom stereocenters. The summed E-state index contributed by atoms with van der Waals surface area (Å²) in [5.41, 5.74) is 1.40. The average Bonchev–Trinajstić information content (AvgIpc) is 3.00. The number of carbonyl (C=O) groups excluding carboxylic acids is 2. The maximum atomic E-state index is 13.7. The summed E-state index contributed by atoms with van der Waals surface area (Å²) in [6.07, 6.45) is 1.02. The number of nitrogens with zero attached hydrogens (tertiary/aromatic N) is 3. The van der Waals surface area contributed by atoms with Crippen LogP contribution in [0.1, 0.15) is 26.3 Å². The Bertz CT molecular complexity index is 1650. The first-order valence-electron chi connectivity index (χ1n) is 14.4. The summed E-state index contributed by atoms with van der Waals surface area (Å²) < 4.78 is 37.1. The van der Waals surface area contributed by atoms with Gasteiger partial charge in [-0.25, -0.2) is 4.79 Å². The SMILES string of the molecule is CC(C)(C)OC(=O)N[C@@H](Cc1ccc(O[S+](=O)([O-])c2cccc3cccnc23)cc1)C(=O)N1CCN(c2ccccc2)CC1. The van der Waals surface area contributed by atoms with Crippen LogP contribution >= 0.6 is 0 Å². The van der Waals surface area contributed by atoms with Gasteiger partial charge in [-0.05, 0) is 62.7 Å². The van der Waals surface area contributed by atoms with Crippen molar-refractivity contribution in [1.82, 2.24) is 15.2 Å². The standard InChI is InChI=1S/C33H36N4O6S/c1-33(2,3)42-32(39)35-28(31(38)37-21-19-36(20-22-37)26-11-5-4-6-12-26)23-24-14-16-27(17-15-24)43-44(40,41)29-13-7-9-25-10-8-18-34-30(25)29/h4-18,28H,19-23H2,1-3H3,(H-,35,39,40,41)/t28-/m0/s1. The summed E-state index contributed by atoms with van der Waals surface area (Å²) in [4.78, 5) is 34.6. The number of rotatable bonds is 8. The normalized spacial score (nSPS) is 15.7. The van der Waals surface area contributed by atoms with E-state index in [-0.39, 0.29) is 23.0 Å². The molecule has 2 heterocycles. The summed E-state index contributed by atoms with van der Waals surface area (Å²) in [6.45, 7) is 7.62. The van der Waals surface area contributed by atoms with E-state index in [0.29, 0.717) is 42.6 Å². The van der Waals surface area contributed by atoms with Crippen LogP contribution in [-0.2, 0) is 30.7 Å². The first-order valence-corrected chi connectivity index (χ1v) is 15.8. The molecule has 0 bridgehead atoms. The Morgan fingerprint density at radius 2 is 1.61 bits per heavy atom. The summed E-state index contributed by atoms with van der Waals surface area (Å²) >= 11 is 0. The number of pyridine rings is 1.